The molecule has 0 bridgehead atoms. The number of rotatable bonds is 4. The van der Waals surface area contributed by atoms with Gasteiger partial charge in [-0.1, -0.05) is 19.3 Å². The molecule has 0 spiro atoms. The molecule has 6 heteroatoms. The second-order valence-electron chi connectivity index (χ2n) is 6.00. The second-order valence-corrected chi connectivity index (χ2v) is 6.00. The fourth-order valence-corrected chi connectivity index (χ4v) is 2.98. The molecule has 1 heterocycles. The van der Waals surface area contributed by atoms with E-state index in [0.29, 0.717) is 11.3 Å². The number of aromatic nitrogens is 1. The standard InChI is InChI=1S/C18H19F3N2O/c19-18(20,21)17-7-6-15(24-23-14-4-2-1-3-5-14)12-16(17)13-8-10-22-11-9-13/h6-12,14,23H,1-5H2. The molecule has 0 radical (unpaired) electrons. The Labute approximate surface area is 138 Å². The van der Waals surface area contributed by atoms with Gasteiger partial charge in [0.15, 0.2) is 0 Å². The minimum absolute atomic E-state index is 0.0906. The van der Waals surface area contributed by atoms with Gasteiger partial charge < -0.3 is 4.84 Å². The summed E-state index contributed by atoms with van der Waals surface area (Å²) in [5, 5.41) is 0. The maximum absolute atomic E-state index is 13.3. The molecule has 3 rings (SSSR count). The van der Waals surface area contributed by atoms with E-state index >= 15 is 0 Å². The van der Waals surface area contributed by atoms with Crippen molar-refractivity contribution in [2.45, 2.75) is 44.3 Å². The minimum Gasteiger partial charge on any atom is -0.408 e. The van der Waals surface area contributed by atoms with Crippen LogP contribution in [0.1, 0.15) is 37.7 Å². The SMILES string of the molecule is FC(F)(F)c1ccc(ONC2CCCCC2)cc1-c1ccncc1. The van der Waals surface area contributed by atoms with Gasteiger partial charge in [-0.05, 0) is 54.3 Å². The fourth-order valence-electron chi connectivity index (χ4n) is 2.98. The summed E-state index contributed by atoms with van der Waals surface area (Å²) in [6.45, 7) is 0. The van der Waals surface area contributed by atoms with Crippen LogP contribution < -0.4 is 10.3 Å². The highest BCUT2D eigenvalue weighted by molar-refractivity contribution is 5.69. The third-order valence-electron chi connectivity index (χ3n) is 4.24. The van der Waals surface area contributed by atoms with Gasteiger partial charge in [-0.3, -0.25) is 4.98 Å². The molecular formula is C18H19F3N2O. The largest absolute Gasteiger partial charge is 0.417 e. The number of nitrogens with zero attached hydrogens (tertiary/aromatic N) is 1. The average Bonchev–Trinajstić information content (AvgIpc) is 2.60. The number of hydrogen-bond donors (Lipinski definition) is 1. The van der Waals surface area contributed by atoms with Crippen LogP contribution in [-0.4, -0.2) is 11.0 Å². The Kier molecular flexibility index (Phi) is 5.04. The Morgan fingerprint density at radius 3 is 2.38 bits per heavy atom. The summed E-state index contributed by atoms with van der Waals surface area (Å²) >= 11 is 0. The molecule has 1 aliphatic rings. The number of nitrogens with one attached hydrogen (secondary N) is 1. The van der Waals surface area contributed by atoms with Crippen molar-refractivity contribution in [1.82, 2.24) is 10.5 Å². The van der Waals surface area contributed by atoms with Crippen molar-refractivity contribution in [1.29, 1.82) is 0 Å². The first-order chi connectivity index (χ1) is 11.5. The summed E-state index contributed by atoms with van der Waals surface area (Å²) in [6.07, 6.45) is 4.10. The Balaban J connectivity index is 1.84. The molecular weight excluding hydrogens is 317 g/mol. The van der Waals surface area contributed by atoms with Crippen molar-refractivity contribution in [3.05, 3.63) is 48.3 Å². The quantitative estimate of drug-likeness (QED) is 0.799. The molecule has 0 unspecified atom stereocenters. The van der Waals surface area contributed by atoms with Crippen molar-refractivity contribution in [2.75, 3.05) is 0 Å². The monoisotopic (exact) mass is 336 g/mol. The fraction of sp³-hybridized carbons (Fsp3) is 0.389. The van der Waals surface area contributed by atoms with Crippen molar-refractivity contribution >= 4 is 0 Å². The van der Waals surface area contributed by atoms with Crippen LogP contribution in [-0.2, 0) is 6.18 Å². The van der Waals surface area contributed by atoms with Gasteiger partial charge in [0, 0.05) is 18.4 Å². The predicted octanol–water partition coefficient (Wildman–Crippen LogP) is 4.98. The molecule has 1 N–H and O–H groups in total. The molecule has 0 amide bonds. The highest BCUT2D eigenvalue weighted by atomic mass is 19.4. The van der Waals surface area contributed by atoms with Crippen LogP contribution in [0.4, 0.5) is 13.2 Å². The number of alkyl halides is 3. The van der Waals surface area contributed by atoms with Gasteiger partial charge in [-0.15, -0.1) is 0 Å². The lowest BCUT2D eigenvalue weighted by molar-refractivity contribution is -0.137. The molecule has 1 saturated carbocycles. The smallest absolute Gasteiger partial charge is 0.408 e. The lowest BCUT2D eigenvalue weighted by atomic mass is 9.96. The summed E-state index contributed by atoms with van der Waals surface area (Å²) in [5.41, 5.74) is 2.85. The van der Waals surface area contributed by atoms with E-state index < -0.39 is 11.7 Å². The summed E-state index contributed by atoms with van der Waals surface area (Å²) in [4.78, 5) is 9.40. The zero-order chi connectivity index (χ0) is 17.0. The first kappa shape index (κ1) is 16.8. The van der Waals surface area contributed by atoms with E-state index in [1.165, 1.54) is 30.9 Å². The van der Waals surface area contributed by atoms with Gasteiger partial charge in [-0.25, -0.2) is 0 Å². The van der Waals surface area contributed by atoms with E-state index in [1.807, 2.05) is 0 Å². The third kappa shape index (κ3) is 4.06. The molecule has 24 heavy (non-hydrogen) atoms. The van der Waals surface area contributed by atoms with Crippen molar-refractivity contribution in [3.63, 3.8) is 0 Å². The first-order valence-electron chi connectivity index (χ1n) is 8.08. The molecule has 1 fully saturated rings. The Morgan fingerprint density at radius 1 is 1.00 bits per heavy atom. The summed E-state index contributed by atoms with van der Waals surface area (Å²) in [7, 11) is 0. The van der Waals surface area contributed by atoms with E-state index in [2.05, 4.69) is 10.5 Å². The van der Waals surface area contributed by atoms with E-state index in [4.69, 9.17) is 4.84 Å². The van der Waals surface area contributed by atoms with Crippen molar-refractivity contribution in [2.24, 2.45) is 0 Å². The zero-order valence-corrected chi connectivity index (χ0v) is 13.1. The van der Waals surface area contributed by atoms with Crippen molar-refractivity contribution < 1.29 is 18.0 Å². The van der Waals surface area contributed by atoms with Crippen LogP contribution in [0.2, 0.25) is 0 Å². The molecule has 1 aromatic carbocycles. The van der Waals surface area contributed by atoms with Crippen LogP contribution in [0, 0.1) is 0 Å². The van der Waals surface area contributed by atoms with E-state index in [1.54, 1.807) is 12.1 Å². The lowest BCUT2D eigenvalue weighted by Gasteiger charge is -2.23. The number of hydrogen-bond acceptors (Lipinski definition) is 3. The van der Waals surface area contributed by atoms with Gasteiger partial charge >= 0.3 is 6.18 Å². The molecule has 1 aromatic heterocycles. The van der Waals surface area contributed by atoms with Crippen LogP contribution >= 0.6 is 0 Å². The highest BCUT2D eigenvalue weighted by Gasteiger charge is 2.34. The van der Waals surface area contributed by atoms with Gasteiger partial charge in [-0.2, -0.15) is 18.7 Å². The van der Waals surface area contributed by atoms with Gasteiger partial charge in [0.05, 0.1) is 5.56 Å². The summed E-state index contributed by atoms with van der Waals surface area (Å²) in [5.74, 6) is 0.375. The van der Waals surface area contributed by atoms with E-state index in [0.717, 1.165) is 31.7 Å². The Bertz CT molecular complexity index is 668. The normalized spacial score (nSPS) is 16.1. The topological polar surface area (TPSA) is 34.1 Å². The molecule has 0 aliphatic heterocycles. The van der Waals surface area contributed by atoms with Crippen LogP contribution in [0.3, 0.4) is 0 Å². The van der Waals surface area contributed by atoms with E-state index in [-0.39, 0.29) is 11.6 Å². The van der Waals surface area contributed by atoms with Crippen LogP contribution in [0.25, 0.3) is 11.1 Å². The number of halogens is 3. The predicted molar refractivity (Wildman–Crippen MR) is 85.3 cm³/mol. The van der Waals surface area contributed by atoms with Crippen molar-refractivity contribution in [3.8, 4) is 16.9 Å². The zero-order valence-electron chi connectivity index (χ0n) is 13.1. The maximum atomic E-state index is 13.3. The highest BCUT2D eigenvalue weighted by Crippen LogP contribution is 2.38. The molecule has 2 aromatic rings. The third-order valence-corrected chi connectivity index (χ3v) is 4.24. The van der Waals surface area contributed by atoms with Gasteiger partial charge in [0.2, 0.25) is 0 Å². The molecule has 0 saturated heterocycles. The molecule has 3 nitrogen and oxygen atoms in total. The van der Waals surface area contributed by atoms with Crippen LogP contribution in [0.15, 0.2) is 42.7 Å². The Morgan fingerprint density at radius 2 is 1.71 bits per heavy atom. The summed E-state index contributed by atoms with van der Waals surface area (Å²) < 4.78 is 39.8. The molecule has 128 valence electrons. The van der Waals surface area contributed by atoms with Crippen LogP contribution in [0.5, 0.6) is 5.75 Å². The number of benzene rings is 1. The van der Waals surface area contributed by atoms with Gasteiger partial charge in [0.25, 0.3) is 0 Å². The van der Waals surface area contributed by atoms with E-state index in [9.17, 15) is 13.2 Å². The number of pyridine rings is 1. The maximum Gasteiger partial charge on any atom is 0.417 e. The minimum atomic E-state index is -4.42. The Hall–Kier alpha value is -2.08. The summed E-state index contributed by atoms with van der Waals surface area (Å²) in [6, 6.07) is 7.21. The number of hydroxylamine groups is 1. The molecule has 0 atom stereocenters. The molecule has 1 aliphatic carbocycles. The van der Waals surface area contributed by atoms with Gasteiger partial charge in [0.1, 0.15) is 5.75 Å². The lowest BCUT2D eigenvalue weighted by Crippen LogP contribution is -2.33. The first-order valence-corrected chi connectivity index (χ1v) is 8.08. The second kappa shape index (κ2) is 7.21. The average molecular weight is 336 g/mol.